The highest BCUT2D eigenvalue weighted by Gasteiger charge is 2.45. The van der Waals surface area contributed by atoms with E-state index in [1.165, 1.54) is 22.9 Å². The molecule has 16 heavy (non-hydrogen) atoms. The fourth-order valence-corrected chi connectivity index (χ4v) is 2.87. The predicted octanol–water partition coefficient (Wildman–Crippen LogP) is 2.82. The maximum Gasteiger partial charge on any atom is 0.0620 e. The maximum atomic E-state index is 5.42. The van der Waals surface area contributed by atoms with Crippen molar-refractivity contribution in [1.29, 1.82) is 0 Å². The highest BCUT2D eigenvalue weighted by Crippen LogP contribution is 2.46. The molecule has 2 fully saturated rings. The van der Waals surface area contributed by atoms with E-state index in [-0.39, 0.29) is 5.54 Å². The van der Waals surface area contributed by atoms with Crippen LogP contribution in [0.3, 0.4) is 0 Å². The standard InChI is InChI=1S/C13H16BrNO/c14-11-3-1-2-10(8-11)13(5-6-13)15-12-4-7-16-9-12/h1-3,8,12,15H,4-7,9H2. The Bertz CT molecular complexity index is 383. The molecule has 1 N–H and O–H groups in total. The molecule has 86 valence electrons. The number of benzene rings is 1. The summed E-state index contributed by atoms with van der Waals surface area (Å²) in [6.07, 6.45) is 3.65. The van der Waals surface area contributed by atoms with Crippen LogP contribution in [0.2, 0.25) is 0 Å². The van der Waals surface area contributed by atoms with Crippen LogP contribution in [0, 0.1) is 0 Å². The molecule has 0 amide bonds. The Balaban J connectivity index is 1.77. The average molecular weight is 282 g/mol. The molecule has 1 aliphatic carbocycles. The number of rotatable bonds is 3. The summed E-state index contributed by atoms with van der Waals surface area (Å²) in [4.78, 5) is 0. The van der Waals surface area contributed by atoms with Crippen LogP contribution >= 0.6 is 15.9 Å². The Hall–Kier alpha value is -0.380. The zero-order valence-corrected chi connectivity index (χ0v) is 10.8. The van der Waals surface area contributed by atoms with E-state index in [1.54, 1.807) is 0 Å². The minimum absolute atomic E-state index is 0.238. The molecule has 1 aromatic rings. The normalized spacial score (nSPS) is 26.9. The summed E-state index contributed by atoms with van der Waals surface area (Å²) in [6.45, 7) is 1.78. The monoisotopic (exact) mass is 281 g/mol. The van der Waals surface area contributed by atoms with Crippen LogP contribution in [0.5, 0.6) is 0 Å². The summed E-state index contributed by atoms with van der Waals surface area (Å²) in [5.74, 6) is 0. The van der Waals surface area contributed by atoms with E-state index in [1.807, 2.05) is 0 Å². The Morgan fingerprint density at radius 2 is 2.25 bits per heavy atom. The minimum Gasteiger partial charge on any atom is -0.380 e. The molecule has 1 saturated carbocycles. The van der Waals surface area contributed by atoms with Gasteiger partial charge in [0.15, 0.2) is 0 Å². The van der Waals surface area contributed by atoms with Gasteiger partial charge >= 0.3 is 0 Å². The van der Waals surface area contributed by atoms with Crippen molar-refractivity contribution in [1.82, 2.24) is 5.32 Å². The van der Waals surface area contributed by atoms with Gasteiger partial charge in [-0.2, -0.15) is 0 Å². The highest BCUT2D eigenvalue weighted by atomic mass is 79.9. The van der Waals surface area contributed by atoms with E-state index in [0.717, 1.165) is 19.6 Å². The lowest BCUT2D eigenvalue weighted by Gasteiger charge is -2.22. The van der Waals surface area contributed by atoms with Gasteiger partial charge in [-0.15, -0.1) is 0 Å². The number of ether oxygens (including phenoxy) is 1. The summed E-state index contributed by atoms with van der Waals surface area (Å²) in [7, 11) is 0. The summed E-state index contributed by atoms with van der Waals surface area (Å²) < 4.78 is 6.59. The van der Waals surface area contributed by atoms with Crippen LogP contribution in [0.15, 0.2) is 28.7 Å². The summed E-state index contributed by atoms with van der Waals surface area (Å²) in [5.41, 5.74) is 1.65. The lowest BCUT2D eigenvalue weighted by Crippen LogP contribution is -2.38. The molecule has 1 atom stereocenters. The first-order chi connectivity index (χ1) is 7.78. The van der Waals surface area contributed by atoms with E-state index in [9.17, 15) is 0 Å². The van der Waals surface area contributed by atoms with E-state index >= 15 is 0 Å². The van der Waals surface area contributed by atoms with Gasteiger partial charge in [-0.3, -0.25) is 0 Å². The van der Waals surface area contributed by atoms with E-state index in [0.29, 0.717) is 6.04 Å². The number of halogens is 1. The quantitative estimate of drug-likeness (QED) is 0.920. The van der Waals surface area contributed by atoms with Gasteiger partial charge in [-0.25, -0.2) is 0 Å². The molecule has 1 unspecified atom stereocenters. The second-order valence-corrected chi connectivity index (χ2v) is 5.71. The molecule has 0 aromatic heterocycles. The molecule has 2 nitrogen and oxygen atoms in total. The highest BCUT2D eigenvalue weighted by molar-refractivity contribution is 9.10. The lowest BCUT2D eigenvalue weighted by atomic mass is 10.0. The molecule has 3 heteroatoms. The van der Waals surface area contributed by atoms with Crippen LogP contribution in [0.4, 0.5) is 0 Å². The Morgan fingerprint density at radius 1 is 1.38 bits per heavy atom. The van der Waals surface area contributed by atoms with E-state index < -0.39 is 0 Å². The molecule has 0 bridgehead atoms. The fraction of sp³-hybridized carbons (Fsp3) is 0.538. The second-order valence-electron chi connectivity index (χ2n) is 4.80. The first kappa shape index (κ1) is 10.8. The van der Waals surface area contributed by atoms with Gasteiger partial charge < -0.3 is 10.1 Å². The molecule has 2 aliphatic rings. The van der Waals surface area contributed by atoms with Crippen molar-refractivity contribution in [2.75, 3.05) is 13.2 Å². The van der Waals surface area contributed by atoms with Crippen molar-refractivity contribution in [2.24, 2.45) is 0 Å². The number of hydrogen-bond acceptors (Lipinski definition) is 2. The van der Waals surface area contributed by atoms with Crippen LogP contribution in [0.1, 0.15) is 24.8 Å². The van der Waals surface area contributed by atoms with Gasteiger partial charge in [-0.05, 0) is 37.0 Å². The van der Waals surface area contributed by atoms with E-state index in [2.05, 4.69) is 45.5 Å². The molecule has 1 aliphatic heterocycles. The lowest BCUT2D eigenvalue weighted by molar-refractivity contribution is 0.187. The smallest absolute Gasteiger partial charge is 0.0620 e. The molecule has 0 radical (unpaired) electrons. The fourth-order valence-electron chi connectivity index (χ4n) is 2.47. The second kappa shape index (κ2) is 4.13. The molecule has 1 aromatic carbocycles. The van der Waals surface area contributed by atoms with Gasteiger partial charge in [0.05, 0.1) is 6.61 Å². The van der Waals surface area contributed by atoms with Gasteiger partial charge in [0.25, 0.3) is 0 Å². The molecule has 0 spiro atoms. The van der Waals surface area contributed by atoms with E-state index in [4.69, 9.17) is 4.74 Å². The molecular formula is C13H16BrNO. The average Bonchev–Trinajstić information content (AvgIpc) is 2.87. The Morgan fingerprint density at radius 3 is 2.88 bits per heavy atom. The largest absolute Gasteiger partial charge is 0.380 e. The van der Waals surface area contributed by atoms with Crippen LogP contribution < -0.4 is 5.32 Å². The first-order valence-electron chi connectivity index (χ1n) is 5.90. The molecule has 1 heterocycles. The van der Waals surface area contributed by atoms with Crippen molar-refractivity contribution in [3.05, 3.63) is 34.3 Å². The topological polar surface area (TPSA) is 21.3 Å². The summed E-state index contributed by atoms with van der Waals surface area (Å²) >= 11 is 3.54. The van der Waals surface area contributed by atoms with Crippen molar-refractivity contribution < 1.29 is 4.74 Å². The van der Waals surface area contributed by atoms with Crippen molar-refractivity contribution in [2.45, 2.75) is 30.8 Å². The van der Waals surface area contributed by atoms with Gasteiger partial charge in [0, 0.05) is 22.7 Å². The molecular weight excluding hydrogens is 266 g/mol. The van der Waals surface area contributed by atoms with Crippen molar-refractivity contribution in [3.63, 3.8) is 0 Å². The third-order valence-electron chi connectivity index (χ3n) is 3.54. The van der Waals surface area contributed by atoms with Gasteiger partial charge in [0.1, 0.15) is 0 Å². The zero-order valence-electron chi connectivity index (χ0n) is 9.21. The van der Waals surface area contributed by atoms with Crippen LogP contribution in [0.25, 0.3) is 0 Å². The Kier molecular flexibility index (Phi) is 2.78. The SMILES string of the molecule is Brc1cccc(C2(NC3CCOC3)CC2)c1. The first-order valence-corrected chi connectivity index (χ1v) is 6.69. The maximum absolute atomic E-state index is 5.42. The minimum atomic E-state index is 0.238. The van der Waals surface area contributed by atoms with Gasteiger partial charge in [-0.1, -0.05) is 28.1 Å². The third kappa shape index (κ3) is 2.04. The van der Waals surface area contributed by atoms with Gasteiger partial charge in [0.2, 0.25) is 0 Å². The van der Waals surface area contributed by atoms with Crippen molar-refractivity contribution in [3.8, 4) is 0 Å². The predicted molar refractivity (Wildman–Crippen MR) is 67.4 cm³/mol. The third-order valence-corrected chi connectivity index (χ3v) is 4.03. The Labute approximate surface area is 105 Å². The van der Waals surface area contributed by atoms with Crippen molar-refractivity contribution >= 4 is 15.9 Å². The number of nitrogens with one attached hydrogen (secondary N) is 1. The van der Waals surface area contributed by atoms with Crippen LogP contribution in [-0.4, -0.2) is 19.3 Å². The number of hydrogen-bond donors (Lipinski definition) is 1. The summed E-state index contributed by atoms with van der Waals surface area (Å²) in [5, 5.41) is 3.76. The molecule has 3 rings (SSSR count). The summed E-state index contributed by atoms with van der Waals surface area (Å²) in [6, 6.07) is 9.20. The molecule has 1 saturated heterocycles. The zero-order chi connectivity index (χ0) is 11.0. The van der Waals surface area contributed by atoms with Crippen LogP contribution in [-0.2, 0) is 10.3 Å².